The van der Waals surface area contributed by atoms with Gasteiger partial charge in [0.25, 0.3) is 31.9 Å². The number of rotatable bonds is 22. The fourth-order valence-corrected chi connectivity index (χ4v) is 14.7. The Morgan fingerprint density at radius 2 is 0.949 bits per heavy atom. The van der Waals surface area contributed by atoms with Gasteiger partial charge in [0.15, 0.2) is 0 Å². The minimum Gasteiger partial charge on any atom is -0.497 e. The first-order valence-electron chi connectivity index (χ1n) is 25.8. The third-order valence-electron chi connectivity index (χ3n) is 13.2. The van der Waals surface area contributed by atoms with E-state index in [1.807, 2.05) is 79.7 Å². The molecule has 2 aliphatic rings. The van der Waals surface area contributed by atoms with Crippen molar-refractivity contribution in [1.29, 1.82) is 0 Å². The number of carbonyl (C=O) groups is 2. The zero-order chi connectivity index (χ0) is 54.9. The topological polar surface area (TPSA) is 194 Å². The van der Waals surface area contributed by atoms with Gasteiger partial charge in [0.05, 0.1) is 33.9 Å². The molecule has 0 unspecified atom stereocenters. The lowest BCUT2D eigenvalue weighted by atomic mass is 10.1. The summed E-state index contributed by atoms with van der Waals surface area (Å²) in [5, 5.41) is 12.8. The van der Waals surface area contributed by atoms with Gasteiger partial charge < -0.3 is 40.2 Å². The van der Waals surface area contributed by atoms with Crippen LogP contribution in [0.1, 0.15) is 74.2 Å². The zero-order valence-electron chi connectivity index (χ0n) is 43.9. The lowest BCUT2D eigenvalue weighted by molar-refractivity contribution is 0.0943. The van der Waals surface area contributed by atoms with Crippen molar-refractivity contribution in [2.75, 3.05) is 47.0 Å². The standard InChI is InChI=1S/C31H33N3O5S2.C27H33N3O5S2/c1-38-28-9-5-6-24(20-28)31(35)33-22-29-14-15-30(40-29)41(36,37)34-18-16-25(17-19-34)32-21-23-10-12-27(13-11-23)39-26-7-3-2-4-8-26;1-3-35-24-9-4-6-20(16-24)18-28-22-12-14-30(15-13-22)37(32,33)26-11-10-25(36-26)19-29-27(31)21-7-5-8-23(17-21)34-2/h2-15,20,25,32H,16-19,21-22H2,1H3,(H,33,35);4-11,16-17,22,28H,3,12-15,18-19H2,1-2H3,(H,29,31). The van der Waals surface area contributed by atoms with Crippen LogP contribution in [0, 0.1) is 0 Å². The van der Waals surface area contributed by atoms with E-state index >= 15 is 0 Å². The number of carbonyl (C=O) groups excluding carboxylic acids is 2. The van der Waals surface area contributed by atoms with Gasteiger partial charge in [-0.1, -0.05) is 54.6 Å². The van der Waals surface area contributed by atoms with E-state index in [0.717, 1.165) is 63.8 Å². The summed E-state index contributed by atoms with van der Waals surface area (Å²) >= 11 is 2.39. The summed E-state index contributed by atoms with van der Waals surface area (Å²) in [7, 11) is -4.05. The van der Waals surface area contributed by atoms with E-state index in [1.54, 1.807) is 95.6 Å². The first-order valence-corrected chi connectivity index (χ1v) is 30.3. The smallest absolute Gasteiger partial charge is 0.252 e. The Morgan fingerprint density at radius 3 is 1.44 bits per heavy atom. The van der Waals surface area contributed by atoms with Crippen molar-refractivity contribution in [3.63, 3.8) is 0 Å². The lowest BCUT2D eigenvalue weighted by Gasteiger charge is -2.31. The summed E-state index contributed by atoms with van der Waals surface area (Å²) in [4.78, 5) is 26.5. The van der Waals surface area contributed by atoms with E-state index in [4.69, 9.17) is 18.9 Å². The fraction of sp³-hybridized carbons (Fsp3) is 0.310. The van der Waals surface area contributed by atoms with Crippen LogP contribution in [0.2, 0.25) is 0 Å². The summed E-state index contributed by atoms with van der Waals surface area (Å²) in [5.74, 6) is 3.17. The highest BCUT2D eigenvalue weighted by Crippen LogP contribution is 2.30. The number of benzene rings is 5. The van der Waals surface area contributed by atoms with Gasteiger partial charge >= 0.3 is 0 Å². The fourth-order valence-electron chi connectivity index (χ4n) is 8.84. The van der Waals surface area contributed by atoms with E-state index in [-0.39, 0.29) is 37.0 Å². The molecule has 412 valence electrons. The van der Waals surface area contributed by atoms with Gasteiger partial charge in [0.1, 0.15) is 37.2 Å². The van der Waals surface area contributed by atoms with Crippen LogP contribution in [-0.2, 0) is 46.2 Å². The molecule has 2 aromatic heterocycles. The molecule has 0 spiro atoms. The molecule has 2 saturated heterocycles. The maximum atomic E-state index is 13.3. The third kappa shape index (κ3) is 16.0. The monoisotopic (exact) mass is 1130 g/mol. The number of para-hydroxylation sites is 1. The van der Waals surface area contributed by atoms with Crippen LogP contribution >= 0.6 is 22.7 Å². The Bertz CT molecular complexity index is 3280. The molecule has 0 saturated carbocycles. The van der Waals surface area contributed by atoms with Gasteiger partial charge in [-0.3, -0.25) is 9.59 Å². The van der Waals surface area contributed by atoms with Gasteiger partial charge in [-0.15, -0.1) is 22.7 Å². The van der Waals surface area contributed by atoms with Crippen LogP contribution in [0.5, 0.6) is 28.7 Å². The Hall–Kier alpha value is -6.62. The van der Waals surface area contributed by atoms with E-state index in [0.29, 0.717) is 76.9 Å². The summed E-state index contributed by atoms with van der Waals surface area (Å²) in [6, 6.07) is 46.7. The van der Waals surface area contributed by atoms with Crippen LogP contribution in [-0.4, -0.2) is 96.3 Å². The van der Waals surface area contributed by atoms with Crippen molar-refractivity contribution in [1.82, 2.24) is 29.9 Å². The molecular formula is C58H66N6O10S4. The first kappa shape index (κ1) is 57.6. The van der Waals surface area contributed by atoms with Gasteiger partial charge in [-0.05, 0) is 141 Å². The van der Waals surface area contributed by atoms with Gasteiger partial charge in [-0.2, -0.15) is 8.61 Å². The van der Waals surface area contributed by atoms with Crippen molar-refractivity contribution in [2.45, 2.75) is 79.3 Å². The van der Waals surface area contributed by atoms with E-state index in [9.17, 15) is 26.4 Å². The Kier molecular flexibility index (Phi) is 20.5. The molecule has 9 rings (SSSR count). The highest BCUT2D eigenvalue weighted by atomic mass is 32.3. The molecule has 4 N–H and O–H groups in total. The van der Waals surface area contributed by atoms with Crippen LogP contribution in [0.15, 0.2) is 160 Å². The molecule has 20 heteroatoms. The van der Waals surface area contributed by atoms with Crippen LogP contribution in [0.3, 0.4) is 0 Å². The maximum Gasteiger partial charge on any atom is 0.252 e. The second-order valence-electron chi connectivity index (χ2n) is 18.5. The van der Waals surface area contributed by atoms with Gasteiger partial charge in [0, 0.05) is 72.2 Å². The number of amides is 2. The second-order valence-corrected chi connectivity index (χ2v) is 25.2. The molecule has 0 atom stereocenters. The van der Waals surface area contributed by atoms with Gasteiger partial charge in [-0.25, -0.2) is 16.8 Å². The SMILES string of the molecule is CCOc1cccc(CNC2CCN(S(=O)(=O)c3ccc(CNC(=O)c4cccc(OC)c4)s3)CC2)c1.COc1cccc(C(=O)NCc2ccc(S(=O)(=O)N3CCC(NCc4ccc(Oc5ccccc5)cc4)CC3)s2)c1. The number of nitrogens with zero attached hydrogens (tertiary/aromatic N) is 2. The summed E-state index contributed by atoms with van der Waals surface area (Å²) in [6.07, 6.45) is 2.98. The lowest BCUT2D eigenvalue weighted by Crippen LogP contribution is -2.44. The normalized spacial score (nSPS) is 14.7. The molecule has 2 fully saturated rings. The molecule has 0 bridgehead atoms. The highest BCUT2D eigenvalue weighted by Gasteiger charge is 2.32. The predicted molar refractivity (Wildman–Crippen MR) is 305 cm³/mol. The van der Waals surface area contributed by atoms with Crippen LogP contribution < -0.4 is 40.2 Å². The average Bonchev–Trinajstić information content (AvgIpc) is 4.25. The van der Waals surface area contributed by atoms with E-state index in [2.05, 4.69) is 27.3 Å². The number of methoxy groups -OCH3 is 2. The number of sulfonamides is 2. The Balaban J connectivity index is 0.000000207. The molecule has 4 heterocycles. The minimum atomic E-state index is -3.58. The summed E-state index contributed by atoms with van der Waals surface area (Å²) in [6.45, 7) is 6.39. The van der Waals surface area contributed by atoms with Crippen LogP contribution in [0.25, 0.3) is 0 Å². The zero-order valence-corrected chi connectivity index (χ0v) is 47.2. The van der Waals surface area contributed by atoms with Crippen molar-refractivity contribution in [2.24, 2.45) is 0 Å². The molecule has 5 aromatic carbocycles. The number of thiophene rings is 2. The number of nitrogens with one attached hydrogen (secondary N) is 4. The summed E-state index contributed by atoms with van der Waals surface area (Å²) in [5.41, 5.74) is 3.26. The molecule has 16 nitrogen and oxygen atoms in total. The Morgan fingerprint density at radius 1 is 0.500 bits per heavy atom. The average molecular weight is 1140 g/mol. The number of piperidine rings is 2. The number of hydrogen-bond donors (Lipinski definition) is 4. The minimum absolute atomic E-state index is 0.240. The highest BCUT2D eigenvalue weighted by molar-refractivity contribution is 7.91. The number of ether oxygens (including phenoxy) is 4. The van der Waals surface area contributed by atoms with Crippen molar-refractivity contribution >= 4 is 54.5 Å². The van der Waals surface area contributed by atoms with E-state index in [1.165, 1.54) is 22.7 Å². The molecule has 0 radical (unpaired) electrons. The molecule has 78 heavy (non-hydrogen) atoms. The van der Waals surface area contributed by atoms with Crippen molar-refractivity contribution in [3.05, 3.63) is 184 Å². The van der Waals surface area contributed by atoms with Crippen LogP contribution in [0.4, 0.5) is 0 Å². The second kappa shape index (κ2) is 27.8. The first-order chi connectivity index (χ1) is 37.8. The molecule has 2 aliphatic heterocycles. The number of hydrogen-bond acceptors (Lipinski definition) is 14. The third-order valence-corrected chi connectivity index (χ3v) is 20.1. The quantitative estimate of drug-likeness (QED) is 0.0503. The molecular weight excluding hydrogens is 1070 g/mol. The molecule has 7 aromatic rings. The largest absolute Gasteiger partial charge is 0.497 e. The molecule has 0 aliphatic carbocycles. The van der Waals surface area contributed by atoms with Gasteiger partial charge in [0.2, 0.25) is 0 Å². The predicted octanol–water partition coefficient (Wildman–Crippen LogP) is 9.45. The maximum absolute atomic E-state index is 13.3. The summed E-state index contributed by atoms with van der Waals surface area (Å²) < 4.78 is 78.5. The van der Waals surface area contributed by atoms with E-state index < -0.39 is 20.0 Å². The van der Waals surface area contributed by atoms with Crippen molar-refractivity contribution < 1.29 is 45.4 Å². The Labute approximate surface area is 465 Å². The van der Waals surface area contributed by atoms with Crippen molar-refractivity contribution in [3.8, 4) is 28.7 Å². The molecule has 2 amide bonds.